The van der Waals surface area contributed by atoms with Crippen molar-refractivity contribution < 1.29 is 9.53 Å². The van der Waals surface area contributed by atoms with Crippen LogP contribution in [0.4, 0.5) is 0 Å². The number of nitrogens with zero attached hydrogens (tertiary/aromatic N) is 4. The molecule has 2 heterocycles. The number of ether oxygens (including phenoxy) is 1. The fourth-order valence-corrected chi connectivity index (χ4v) is 3.98. The molecule has 8 nitrogen and oxygen atoms in total. The Morgan fingerprint density at radius 1 is 1.24 bits per heavy atom. The molecule has 1 amide bonds. The van der Waals surface area contributed by atoms with E-state index in [1.165, 1.54) is 0 Å². The summed E-state index contributed by atoms with van der Waals surface area (Å²) in [6.07, 6.45) is 4.92. The Hall–Kier alpha value is -3.36. The highest BCUT2D eigenvalue weighted by Gasteiger charge is 2.25. The topological polar surface area (TPSA) is 107 Å². The van der Waals surface area contributed by atoms with Crippen molar-refractivity contribution in [2.45, 2.75) is 25.8 Å². The van der Waals surface area contributed by atoms with Crippen molar-refractivity contribution in [3.63, 3.8) is 0 Å². The fourth-order valence-electron chi connectivity index (χ4n) is 3.67. The lowest BCUT2D eigenvalue weighted by atomic mass is 10.0. The molecule has 170 valence electrons. The Morgan fingerprint density at radius 2 is 2.06 bits per heavy atom. The minimum atomic E-state index is -0.369. The number of nitrogens with two attached hydrogens (primary N) is 1. The van der Waals surface area contributed by atoms with Gasteiger partial charge in [0.25, 0.3) is 5.91 Å². The molecule has 1 unspecified atom stereocenters. The van der Waals surface area contributed by atoms with Gasteiger partial charge in [-0.25, -0.2) is 4.98 Å². The summed E-state index contributed by atoms with van der Waals surface area (Å²) in [7, 11) is 1.55. The van der Waals surface area contributed by atoms with E-state index in [9.17, 15) is 4.79 Å². The number of amidine groups is 1. The van der Waals surface area contributed by atoms with Gasteiger partial charge in [-0.05, 0) is 55.7 Å². The standard InChI is InChI=1S/C23H22Cl2N6O2/c1-13-11-31(12-27-13)20-8-4-15(10-21(20)33-2)23(32)29-22(30-26)19-7-6-18(28-19)14-3-5-16(24)17(25)9-14/h3-5,8-12,18H,6-7,26H2,1-2H3,(H,29,30,32). The number of hydrogen-bond donors (Lipinski definition) is 2. The Balaban J connectivity index is 1.52. The van der Waals surface area contributed by atoms with Crippen molar-refractivity contribution in [1.29, 1.82) is 0 Å². The first-order valence-corrected chi connectivity index (χ1v) is 11.0. The lowest BCUT2D eigenvalue weighted by Crippen LogP contribution is -2.36. The number of amides is 1. The van der Waals surface area contributed by atoms with Gasteiger partial charge in [-0.2, -0.15) is 5.10 Å². The number of halogens is 2. The molecule has 0 radical (unpaired) electrons. The van der Waals surface area contributed by atoms with Crippen LogP contribution in [0, 0.1) is 6.92 Å². The zero-order chi connectivity index (χ0) is 23.5. The Labute approximate surface area is 201 Å². The molecule has 10 heteroatoms. The molecule has 3 N–H and O–H groups in total. The molecule has 0 bridgehead atoms. The van der Waals surface area contributed by atoms with Crippen molar-refractivity contribution >= 4 is 40.7 Å². The van der Waals surface area contributed by atoms with Gasteiger partial charge in [-0.3, -0.25) is 9.79 Å². The second-order valence-electron chi connectivity index (χ2n) is 7.54. The van der Waals surface area contributed by atoms with E-state index in [4.69, 9.17) is 38.8 Å². The molecular formula is C23H22Cl2N6O2. The van der Waals surface area contributed by atoms with Crippen LogP contribution in [0.15, 0.2) is 59.0 Å². The summed E-state index contributed by atoms with van der Waals surface area (Å²) in [6.45, 7) is 1.90. The van der Waals surface area contributed by atoms with Gasteiger partial charge in [0.05, 0.1) is 46.6 Å². The molecule has 0 spiro atoms. The van der Waals surface area contributed by atoms with Crippen molar-refractivity contribution in [3.8, 4) is 11.4 Å². The van der Waals surface area contributed by atoms with Crippen molar-refractivity contribution in [2.75, 3.05) is 7.11 Å². The third kappa shape index (κ3) is 4.86. The number of hydrazone groups is 1. The monoisotopic (exact) mass is 484 g/mol. The smallest absolute Gasteiger partial charge is 0.257 e. The first-order chi connectivity index (χ1) is 15.9. The molecule has 1 aliphatic heterocycles. The van der Waals surface area contributed by atoms with Crippen LogP contribution in [-0.2, 0) is 0 Å². The number of carbonyl (C=O) groups is 1. The maximum atomic E-state index is 12.9. The molecule has 0 aliphatic carbocycles. The van der Waals surface area contributed by atoms with Crippen LogP contribution in [0.3, 0.4) is 0 Å². The molecule has 0 saturated heterocycles. The van der Waals surface area contributed by atoms with E-state index in [0.717, 1.165) is 23.4 Å². The van der Waals surface area contributed by atoms with Gasteiger partial charge < -0.3 is 20.5 Å². The molecule has 1 aromatic heterocycles. The number of rotatable bonds is 5. The largest absolute Gasteiger partial charge is 0.495 e. The molecule has 1 aliphatic rings. The van der Waals surface area contributed by atoms with Gasteiger partial charge >= 0.3 is 0 Å². The van der Waals surface area contributed by atoms with Crippen molar-refractivity contribution in [1.82, 2.24) is 14.9 Å². The Bertz CT molecular complexity index is 1270. The van der Waals surface area contributed by atoms with E-state index < -0.39 is 0 Å². The van der Waals surface area contributed by atoms with Crippen LogP contribution in [0.25, 0.3) is 5.69 Å². The normalized spacial score (nSPS) is 15.9. The van der Waals surface area contributed by atoms with Crippen LogP contribution < -0.4 is 15.9 Å². The predicted octanol–water partition coefficient (Wildman–Crippen LogP) is 4.47. The zero-order valence-electron chi connectivity index (χ0n) is 18.0. The average molecular weight is 485 g/mol. The lowest BCUT2D eigenvalue weighted by Gasteiger charge is -2.12. The van der Waals surface area contributed by atoms with Gasteiger partial charge in [-0.1, -0.05) is 29.3 Å². The summed E-state index contributed by atoms with van der Waals surface area (Å²) in [6, 6.07) is 10.5. The summed E-state index contributed by atoms with van der Waals surface area (Å²) < 4.78 is 7.32. The summed E-state index contributed by atoms with van der Waals surface area (Å²) >= 11 is 12.1. The minimum Gasteiger partial charge on any atom is -0.495 e. The van der Waals surface area contributed by atoms with Gasteiger partial charge in [-0.15, -0.1) is 0 Å². The van der Waals surface area contributed by atoms with E-state index in [1.54, 1.807) is 43.8 Å². The number of nitrogens with one attached hydrogen (secondary N) is 1. The molecule has 0 fully saturated rings. The highest BCUT2D eigenvalue weighted by Crippen LogP contribution is 2.33. The average Bonchev–Trinajstić information content (AvgIpc) is 3.48. The maximum Gasteiger partial charge on any atom is 0.257 e. The van der Waals surface area contributed by atoms with Crippen molar-refractivity contribution in [3.05, 3.63) is 75.8 Å². The maximum absolute atomic E-state index is 12.9. The molecule has 2 aromatic carbocycles. The molecule has 0 saturated carbocycles. The highest BCUT2D eigenvalue weighted by atomic mass is 35.5. The SMILES string of the molecule is COc1cc(C(=O)NC(=NN)C2=NC(c3ccc(Cl)c(Cl)c3)CC2)ccc1-n1cnc(C)c1. The van der Waals surface area contributed by atoms with Gasteiger partial charge in [0.1, 0.15) is 5.75 Å². The number of imidazole rings is 1. The lowest BCUT2D eigenvalue weighted by molar-refractivity contribution is 0.0977. The third-order valence-electron chi connectivity index (χ3n) is 5.36. The summed E-state index contributed by atoms with van der Waals surface area (Å²) in [4.78, 5) is 21.8. The van der Waals surface area contributed by atoms with E-state index in [0.29, 0.717) is 33.5 Å². The van der Waals surface area contributed by atoms with Gasteiger partial charge in [0.15, 0.2) is 5.84 Å². The molecule has 3 aromatic rings. The van der Waals surface area contributed by atoms with Gasteiger partial charge in [0.2, 0.25) is 0 Å². The second-order valence-corrected chi connectivity index (χ2v) is 8.36. The molecular weight excluding hydrogens is 463 g/mol. The predicted molar refractivity (Wildman–Crippen MR) is 130 cm³/mol. The molecule has 4 rings (SSSR count). The Kier molecular flexibility index (Phi) is 6.67. The Morgan fingerprint density at radius 3 is 2.73 bits per heavy atom. The number of aryl methyl sites for hydroxylation is 1. The number of hydrogen-bond acceptors (Lipinski definition) is 6. The van der Waals surface area contributed by atoms with Crippen LogP contribution in [0.2, 0.25) is 10.0 Å². The van der Waals surface area contributed by atoms with Crippen molar-refractivity contribution in [2.24, 2.45) is 15.9 Å². The highest BCUT2D eigenvalue weighted by molar-refractivity contribution is 6.44. The number of aromatic nitrogens is 2. The van der Waals surface area contributed by atoms with Crippen LogP contribution in [0.5, 0.6) is 5.75 Å². The number of methoxy groups -OCH3 is 1. The summed E-state index contributed by atoms with van der Waals surface area (Å²) in [5.74, 6) is 5.98. The summed E-state index contributed by atoms with van der Waals surface area (Å²) in [5.41, 5.74) is 3.61. The van der Waals surface area contributed by atoms with Crippen LogP contribution in [-0.4, -0.2) is 34.1 Å². The quantitative estimate of drug-likeness (QED) is 0.241. The van der Waals surface area contributed by atoms with E-state index in [1.807, 2.05) is 23.8 Å². The molecule has 33 heavy (non-hydrogen) atoms. The summed E-state index contributed by atoms with van der Waals surface area (Å²) in [5, 5.41) is 7.50. The molecule has 1 atom stereocenters. The first-order valence-electron chi connectivity index (χ1n) is 10.2. The number of aliphatic imine (C=N–C) groups is 1. The van der Waals surface area contributed by atoms with Crippen LogP contribution >= 0.6 is 23.2 Å². The fraction of sp³-hybridized carbons (Fsp3) is 0.217. The first kappa shape index (κ1) is 22.8. The van der Waals surface area contributed by atoms with Crippen LogP contribution in [0.1, 0.15) is 40.5 Å². The van der Waals surface area contributed by atoms with E-state index in [-0.39, 0.29) is 17.8 Å². The second kappa shape index (κ2) is 9.64. The minimum absolute atomic E-state index is 0.110. The zero-order valence-corrected chi connectivity index (χ0v) is 19.6. The van der Waals surface area contributed by atoms with E-state index in [2.05, 4.69) is 15.4 Å². The van der Waals surface area contributed by atoms with E-state index >= 15 is 0 Å². The number of benzene rings is 2. The third-order valence-corrected chi connectivity index (χ3v) is 6.10. The van der Waals surface area contributed by atoms with Gasteiger partial charge in [0, 0.05) is 11.8 Å². The number of carbonyl (C=O) groups excluding carboxylic acids is 1.